The smallest absolute Gasteiger partial charge is 0.326 e. The van der Waals surface area contributed by atoms with E-state index in [9.17, 15) is 14.7 Å². The Bertz CT molecular complexity index is 581. The van der Waals surface area contributed by atoms with Crippen LogP contribution in [0.5, 0.6) is 0 Å². The number of nitrogens with zero attached hydrogens (tertiary/aromatic N) is 1. The average Bonchev–Trinajstić information content (AvgIpc) is 2.95. The van der Waals surface area contributed by atoms with Crippen molar-refractivity contribution in [3.63, 3.8) is 0 Å². The normalized spacial score (nSPS) is 27.7. The highest BCUT2D eigenvalue weighted by atomic mass is 79.9. The summed E-state index contributed by atoms with van der Waals surface area (Å²) in [4.78, 5) is 25.9. The second-order valence-corrected chi connectivity index (χ2v) is 7.03. The molecule has 0 spiro atoms. The van der Waals surface area contributed by atoms with E-state index in [4.69, 9.17) is 0 Å². The molecule has 21 heavy (non-hydrogen) atoms. The number of likely N-dealkylation sites (tertiary alicyclic amines) is 1. The Morgan fingerprint density at radius 3 is 2.71 bits per heavy atom. The summed E-state index contributed by atoms with van der Waals surface area (Å²) in [7, 11) is 0. The van der Waals surface area contributed by atoms with Crippen molar-refractivity contribution in [3.8, 4) is 0 Å². The SMILES string of the molecule is Cc1cc(Br)cc(C(=O)N2CC3CCCC3C2C(=O)O)c1. The Morgan fingerprint density at radius 2 is 2.05 bits per heavy atom. The number of benzene rings is 1. The van der Waals surface area contributed by atoms with Gasteiger partial charge in [-0.25, -0.2) is 4.79 Å². The molecule has 1 aliphatic heterocycles. The average molecular weight is 352 g/mol. The molecule has 1 aromatic carbocycles. The lowest BCUT2D eigenvalue weighted by atomic mass is 9.94. The van der Waals surface area contributed by atoms with Crippen LogP contribution in [0, 0.1) is 18.8 Å². The van der Waals surface area contributed by atoms with Gasteiger partial charge in [0.1, 0.15) is 6.04 Å². The third-order valence-corrected chi connectivity index (χ3v) is 5.15. The number of carbonyl (C=O) groups excluding carboxylic acids is 1. The van der Waals surface area contributed by atoms with Crippen LogP contribution in [0.15, 0.2) is 22.7 Å². The highest BCUT2D eigenvalue weighted by molar-refractivity contribution is 9.10. The van der Waals surface area contributed by atoms with Crippen LogP contribution in [0.1, 0.15) is 35.2 Å². The highest BCUT2D eigenvalue weighted by Gasteiger charge is 2.49. The van der Waals surface area contributed by atoms with Crippen molar-refractivity contribution in [2.75, 3.05) is 6.54 Å². The molecule has 4 nitrogen and oxygen atoms in total. The molecule has 1 saturated carbocycles. The van der Waals surface area contributed by atoms with Gasteiger partial charge >= 0.3 is 5.97 Å². The molecule has 1 saturated heterocycles. The summed E-state index contributed by atoms with van der Waals surface area (Å²) in [5, 5.41) is 9.53. The number of hydrogen-bond acceptors (Lipinski definition) is 2. The standard InChI is InChI=1S/C16H18BrNO3/c1-9-5-11(7-12(17)6-9)15(19)18-8-10-3-2-4-13(10)14(18)16(20)21/h5-7,10,13-14H,2-4,8H2,1H3,(H,20,21). The lowest BCUT2D eigenvalue weighted by Gasteiger charge is -2.24. The van der Waals surface area contributed by atoms with E-state index >= 15 is 0 Å². The molecule has 3 unspecified atom stereocenters. The van der Waals surface area contributed by atoms with Gasteiger partial charge in [0.2, 0.25) is 0 Å². The number of fused-ring (bicyclic) bond motifs is 1. The molecule has 1 aliphatic carbocycles. The van der Waals surface area contributed by atoms with E-state index in [0.717, 1.165) is 29.3 Å². The molecule has 0 radical (unpaired) electrons. The summed E-state index contributed by atoms with van der Waals surface area (Å²) in [5.74, 6) is -0.561. The van der Waals surface area contributed by atoms with Crippen molar-refractivity contribution in [3.05, 3.63) is 33.8 Å². The second kappa shape index (κ2) is 5.44. The number of halogens is 1. The zero-order chi connectivity index (χ0) is 15.1. The predicted molar refractivity (Wildman–Crippen MR) is 82.2 cm³/mol. The Labute approximate surface area is 132 Å². The molecule has 112 valence electrons. The summed E-state index contributed by atoms with van der Waals surface area (Å²) in [6.45, 7) is 2.50. The van der Waals surface area contributed by atoms with Crippen molar-refractivity contribution in [2.24, 2.45) is 11.8 Å². The number of amides is 1. The molecule has 2 aliphatic rings. The zero-order valence-corrected chi connectivity index (χ0v) is 13.5. The lowest BCUT2D eigenvalue weighted by Crippen LogP contribution is -2.43. The molecule has 3 atom stereocenters. The summed E-state index contributed by atoms with van der Waals surface area (Å²) >= 11 is 3.40. The molecule has 0 bridgehead atoms. The highest BCUT2D eigenvalue weighted by Crippen LogP contribution is 2.42. The first-order chi connectivity index (χ1) is 9.97. The summed E-state index contributed by atoms with van der Waals surface area (Å²) in [6.07, 6.45) is 3.04. The molecule has 2 fully saturated rings. The van der Waals surface area contributed by atoms with E-state index in [0.29, 0.717) is 18.0 Å². The maximum atomic E-state index is 12.7. The number of carboxylic acid groups (broad SMARTS) is 1. The van der Waals surface area contributed by atoms with Crippen LogP contribution in [0.3, 0.4) is 0 Å². The maximum Gasteiger partial charge on any atom is 0.326 e. The van der Waals surface area contributed by atoms with Crippen LogP contribution in [-0.4, -0.2) is 34.5 Å². The lowest BCUT2D eigenvalue weighted by molar-refractivity contribution is -0.142. The molecule has 1 N–H and O–H groups in total. The molecular formula is C16H18BrNO3. The van der Waals surface area contributed by atoms with Crippen molar-refractivity contribution in [1.82, 2.24) is 4.90 Å². The van der Waals surface area contributed by atoms with Gasteiger partial charge in [-0.1, -0.05) is 22.4 Å². The minimum atomic E-state index is -0.871. The fourth-order valence-electron chi connectivity index (χ4n) is 3.86. The van der Waals surface area contributed by atoms with Crippen molar-refractivity contribution in [1.29, 1.82) is 0 Å². The second-order valence-electron chi connectivity index (χ2n) is 6.11. The van der Waals surface area contributed by atoms with Crippen LogP contribution in [0.4, 0.5) is 0 Å². The van der Waals surface area contributed by atoms with E-state index in [1.165, 1.54) is 0 Å². The van der Waals surface area contributed by atoms with Gasteiger partial charge in [-0.15, -0.1) is 0 Å². The van der Waals surface area contributed by atoms with Crippen molar-refractivity contribution >= 4 is 27.8 Å². The third kappa shape index (κ3) is 2.59. The molecule has 5 heteroatoms. The predicted octanol–water partition coefficient (Wildman–Crippen LogP) is 3.08. The fourth-order valence-corrected chi connectivity index (χ4v) is 4.46. The Balaban J connectivity index is 1.91. The Morgan fingerprint density at radius 1 is 1.29 bits per heavy atom. The number of aryl methyl sites for hydroxylation is 1. The van der Waals surface area contributed by atoms with Crippen molar-refractivity contribution in [2.45, 2.75) is 32.2 Å². The monoisotopic (exact) mass is 351 g/mol. The van der Waals surface area contributed by atoms with E-state index in [1.54, 1.807) is 11.0 Å². The van der Waals surface area contributed by atoms with E-state index in [1.807, 2.05) is 19.1 Å². The topological polar surface area (TPSA) is 57.6 Å². The van der Waals surface area contributed by atoms with E-state index in [2.05, 4.69) is 15.9 Å². The number of hydrogen-bond donors (Lipinski definition) is 1. The molecular weight excluding hydrogens is 334 g/mol. The van der Waals surface area contributed by atoms with Gasteiger partial charge in [0.05, 0.1) is 0 Å². The first-order valence-electron chi connectivity index (χ1n) is 7.28. The van der Waals surface area contributed by atoms with Crippen LogP contribution in [-0.2, 0) is 4.79 Å². The van der Waals surface area contributed by atoms with Gasteiger partial charge in [0.15, 0.2) is 0 Å². The van der Waals surface area contributed by atoms with Crippen LogP contribution >= 0.6 is 15.9 Å². The number of rotatable bonds is 2. The molecule has 1 heterocycles. The van der Waals surface area contributed by atoms with Gasteiger partial charge in [0, 0.05) is 16.6 Å². The molecule has 1 aromatic rings. The zero-order valence-electron chi connectivity index (χ0n) is 11.9. The Kier molecular flexibility index (Phi) is 3.78. The van der Waals surface area contributed by atoms with Crippen LogP contribution in [0.25, 0.3) is 0 Å². The molecule has 1 amide bonds. The number of carbonyl (C=O) groups is 2. The number of aliphatic carboxylic acids is 1. The fraction of sp³-hybridized carbons (Fsp3) is 0.500. The third-order valence-electron chi connectivity index (χ3n) is 4.69. The van der Waals surface area contributed by atoms with Crippen LogP contribution < -0.4 is 0 Å². The molecule has 3 rings (SSSR count). The largest absolute Gasteiger partial charge is 0.480 e. The summed E-state index contributed by atoms with van der Waals surface area (Å²) < 4.78 is 0.845. The maximum absolute atomic E-state index is 12.7. The summed E-state index contributed by atoms with van der Waals surface area (Å²) in [6, 6.07) is 4.86. The first kappa shape index (κ1) is 14.6. The number of carboxylic acids is 1. The van der Waals surface area contributed by atoms with E-state index in [-0.39, 0.29) is 11.8 Å². The summed E-state index contributed by atoms with van der Waals surface area (Å²) in [5.41, 5.74) is 1.55. The van der Waals surface area contributed by atoms with Gasteiger partial charge in [0.25, 0.3) is 5.91 Å². The quantitative estimate of drug-likeness (QED) is 0.890. The van der Waals surface area contributed by atoms with E-state index < -0.39 is 12.0 Å². The van der Waals surface area contributed by atoms with Gasteiger partial charge in [-0.3, -0.25) is 4.79 Å². The molecule has 0 aromatic heterocycles. The minimum Gasteiger partial charge on any atom is -0.480 e. The van der Waals surface area contributed by atoms with Crippen LogP contribution in [0.2, 0.25) is 0 Å². The first-order valence-corrected chi connectivity index (χ1v) is 8.07. The van der Waals surface area contributed by atoms with Gasteiger partial charge < -0.3 is 10.0 Å². The van der Waals surface area contributed by atoms with Gasteiger partial charge in [-0.05, 0) is 55.4 Å². The van der Waals surface area contributed by atoms with Gasteiger partial charge in [-0.2, -0.15) is 0 Å². The Hall–Kier alpha value is -1.36. The minimum absolute atomic E-state index is 0.125. The van der Waals surface area contributed by atoms with Crippen molar-refractivity contribution < 1.29 is 14.7 Å².